The molecule has 0 aromatic rings. The molecule has 0 heterocycles. The number of hydrogen-bond donors (Lipinski definition) is 2. The maximum absolute atomic E-state index is 11.4. The Kier molecular flexibility index (Phi) is 12.6. The first-order valence-electron chi connectivity index (χ1n) is 10.4. The van der Waals surface area contributed by atoms with Crippen molar-refractivity contribution >= 4 is 22.4 Å². The molecular formula is C20H40N2O5S. The summed E-state index contributed by atoms with van der Waals surface area (Å²) in [5.41, 5.74) is 4.26. The van der Waals surface area contributed by atoms with E-state index in [1.807, 2.05) is 0 Å². The Hall–Kier alpha value is -1.15. The van der Waals surface area contributed by atoms with Crippen molar-refractivity contribution in [3.05, 3.63) is 0 Å². The summed E-state index contributed by atoms with van der Waals surface area (Å²) in [7, 11) is -3.33. The van der Waals surface area contributed by atoms with Crippen molar-refractivity contribution in [1.29, 1.82) is 0 Å². The first-order valence-corrected chi connectivity index (χ1v) is 11.9. The SMILES string of the molecule is CC(C)(C)OC(N)=O.NS(=O)(=O)C1(CCCCCCCCCCCC=O)CC1. The summed E-state index contributed by atoms with van der Waals surface area (Å²) in [5, 5.41) is 5.26. The number of nitrogens with two attached hydrogens (primary N) is 2. The van der Waals surface area contributed by atoms with Crippen LogP contribution in [0.3, 0.4) is 0 Å². The molecule has 8 heteroatoms. The topological polar surface area (TPSA) is 130 Å². The van der Waals surface area contributed by atoms with Gasteiger partial charge in [0.2, 0.25) is 10.0 Å². The van der Waals surface area contributed by atoms with E-state index in [-0.39, 0.29) is 0 Å². The van der Waals surface area contributed by atoms with E-state index in [1.54, 1.807) is 20.8 Å². The molecule has 1 aliphatic carbocycles. The van der Waals surface area contributed by atoms with Crippen molar-refractivity contribution in [3.8, 4) is 0 Å². The van der Waals surface area contributed by atoms with Crippen LogP contribution in [-0.2, 0) is 19.6 Å². The van der Waals surface area contributed by atoms with Crippen molar-refractivity contribution < 1.29 is 22.7 Å². The maximum Gasteiger partial charge on any atom is 0.405 e. The van der Waals surface area contributed by atoms with Gasteiger partial charge in [0.25, 0.3) is 0 Å². The quantitative estimate of drug-likeness (QED) is 0.341. The number of unbranched alkanes of at least 4 members (excludes halogenated alkanes) is 9. The minimum absolute atomic E-state index is 0.453. The lowest BCUT2D eigenvalue weighted by Crippen LogP contribution is -2.30. The van der Waals surface area contributed by atoms with Gasteiger partial charge in [-0.1, -0.05) is 51.4 Å². The van der Waals surface area contributed by atoms with Gasteiger partial charge in [0, 0.05) is 6.42 Å². The van der Waals surface area contributed by atoms with E-state index in [9.17, 15) is 18.0 Å². The molecule has 0 aromatic carbocycles. The molecule has 0 spiro atoms. The molecule has 0 radical (unpaired) electrons. The predicted molar refractivity (Wildman–Crippen MR) is 112 cm³/mol. The van der Waals surface area contributed by atoms with E-state index < -0.39 is 26.5 Å². The summed E-state index contributed by atoms with van der Waals surface area (Å²) in [4.78, 5) is 20.1. The highest BCUT2D eigenvalue weighted by atomic mass is 32.2. The zero-order valence-electron chi connectivity index (χ0n) is 17.9. The smallest absolute Gasteiger partial charge is 0.405 e. The molecule has 0 atom stereocenters. The minimum Gasteiger partial charge on any atom is -0.444 e. The standard InChI is InChI=1S/C15H29NO3S.C5H11NO2/c16-20(18,19)15(12-13-15)11-9-7-5-3-1-2-4-6-8-10-14-17;1-5(2,3)8-4(6)7/h14H,1-13H2,(H2,16,18,19);1-3H3,(H2,6,7). The van der Waals surface area contributed by atoms with E-state index in [2.05, 4.69) is 4.74 Å². The lowest BCUT2D eigenvalue weighted by molar-refractivity contribution is -0.107. The molecule has 0 bridgehead atoms. The van der Waals surface area contributed by atoms with E-state index in [1.165, 1.54) is 32.1 Å². The second kappa shape index (κ2) is 13.1. The van der Waals surface area contributed by atoms with Crippen molar-refractivity contribution in [2.24, 2.45) is 10.9 Å². The van der Waals surface area contributed by atoms with Crippen LogP contribution >= 0.6 is 0 Å². The van der Waals surface area contributed by atoms with Crippen LogP contribution in [0.25, 0.3) is 0 Å². The summed E-state index contributed by atoms with van der Waals surface area (Å²) in [6.07, 6.45) is 13.7. The van der Waals surface area contributed by atoms with Crippen LogP contribution in [0.4, 0.5) is 4.79 Å². The number of rotatable bonds is 13. The number of sulfonamides is 1. The van der Waals surface area contributed by atoms with Gasteiger partial charge in [-0.15, -0.1) is 0 Å². The summed E-state index contributed by atoms with van der Waals surface area (Å²) in [6.45, 7) is 5.28. The Morgan fingerprint density at radius 3 is 1.68 bits per heavy atom. The third kappa shape index (κ3) is 13.9. The monoisotopic (exact) mass is 420 g/mol. The number of hydrogen-bond acceptors (Lipinski definition) is 5. The third-order valence-corrected chi connectivity index (χ3v) is 6.59. The van der Waals surface area contributed by atoms with Gasteiger partial charge in [0.1, 0.15) is 11.9 Å². The lowest BCUT2D eigenvalue weighted by Gasteiger charge is -2.16. The van der Waals surface area contributed by atoms with E-state index in [0.717, 1.165) is 51.2 Å². The lowest BCUT2D eigenvalue weighted by atomic mass is 10.0. The number of carbonyl (C=O) groups excluding carboxylic acids is 2. The van der Waals surface area contributed by atoms with Gasteiger partial charge in [-0.25, -0.2) is 18.4 Å². The molecule has 1 amide bonds. The number of ether oxygens (including phenoxy) is 1. The third-order valence-electron chi connectivity index (χ3n) is 4.77. The zero-order chi connectivity index (χ0) is 21.7. The average Bonchev–Trinajstić information content (AvgIpc) is 3.32. The van der Waals surface area contributed by atoms with Gasteiger partial charge in [-0.2, -0.15) is 0 Å². The fourth-order valence-electron chi connectivity index (χ4n) is 3.03. The molecule has 4 N–H and O–H groups in total. The van der Waals surface area contributed by atoms with E-state index in [0.29, 0.717) is 6.42 Å². The van der Waals surface area contributed by atoms with Gasteiger partial charge in [0.05, 0.1) is 4.75 Å². The highest BCUT2D eigenvalue weighted by molar-refractivity contribution is 7.90. The molecule has 28 heavy (non-hydrogen) atoms. The van der Waals surface area contributed by atoms with Crippen molar-refractivity contribution in [2.45, 2.75) is 115 Å². The number of primary amides is 1. The summed E-state index contributed by atoms with van der Waals surface area (Å²) in [6, 6.07) is 0. The molecule has 0 aromatic heterocycles. The highest BCUT2D eigenvalue weighted by Gasteiger charge is 2.51. The second-order valence-corrected chi connectivity index (χ2v) is 10.6. The maximum atomic E-state index is 11.4. The van der Waals surface area contributed by atoms with Gasteiger partial charge in [-0.05, 0) is 46.5 Å². The van der Waals surface area contributed by atoms with Gasteiger partial charge in [0.15, 0.2) is 0 Å². The number of amides is 1. The highest BCUT2D eigenvalue weighted by Crippen LogP contribution is 2.46. The Bertz CT molecular complexity index is 551. The summed E-state index contributed by atoms with van der Waals surface area (Å²) in [5.74, 6) is 0. The fourth-order valence-corrected chi connectivity index (χ4v) is 4.13. The van der Waals surface area contributed by atoms with Crippen LogP contribution in [-0.4, -0.2) is 31.1 Å². The average molecular weight is 421 g/mol. The van der Waals surface area contributed by atoms with Crippen LogP contribution < -0.4 is 10.9 Å². The van der Waals surface area contributed by atoms with Gasteiger partial charge < -0.3 is 15.3 Å². The van der Waals surface area contributed by atoms with E-state index in [4.69, 9.17) is 10.9 Å². The molecule has 1 aliphatic rings. The van der Waals surface area contributed by atoms with Crippen LogP contribution in [0.1, 0.15) is 104 Å². The Labute approximate surface area is 171 Å². The molecule has 1 fully saturated rings. The normalized spacial score (nSPS) is 15.3. The van der Waals surface area contributed by atoms with Crippen LogP contribution in [0.2, 0.25) is 0 Å². The second-order valence-electron chi connectivity index (χ2n) is 8.65. The fraction of sp³-hybridized carbons (Fsp3) is 0.900. The molecule has 1 saturated carbocycles. The summed E-state index contributed by atoms with van der Waals surface area (Å²) >= 11 is 0. The molecule has 0 unspecified atom stereocenters. The van der Waals surface area contributed by atoms with E-state index >= 15 is 0 Å². The predicted octanol–water partition coefficient (Wildman–Crippen LogP) is 4.18. The Morgan fingerprint density at radius 1 is 0.964 bits per heavy atom. The molecule has 0 saturated heterocycles. The summed E-state index contributed by atoms with van der Waals surface area (Å²) < 4.78 is 26.8. The van der Waals surface area contributed by atoms with Crippen molar-refractivity contribution in [3.63, 3.8) is 0 Å². The molecular weight excluding hydrogens is 380 g/mol. The largest absolute Gasteiger partial charge is 0.444 e. The van der Waals surface area contributed by atoms with Gasteiger partial charge >= 0.3 is 6.09 Å². The van der Waals surface area contributed by atoms with Crippen molar-refractivity contribution in [1.82, 2.24) is 0 Å². The Morgan fingerprint density at radius 2 is 1.39 bits per heavy atom. The molecule has 7 nitrogen and oxygen atoms in total. The number of aldehydes is 1. The first-order chi connectivity index (χ1) is 12.9. The zero-order valence-corrected chi connectivity index (χ0v) is 18.7. The van der Waals surface area contributed by atoms with Gasteiger partial charge in [-0.3, -0.25) is 0 Å². The molecule has 1 rings (SSSR count). The van der Waals surface area contributed by atoms with Crippen LogP contribution in [0.15, 0.2) is 0 Å². The Balaban J connectivity index is 0.000000769. The molecule has 166 valence electrons. The molecule has 0 aliphatic heterocycles. The minimum atomic E-state index is -3.33. The number of carbonyl (C=O) groups is 2. The van der Waals surface area contributed by atoms with Crippen molar-refractivity contribution in [2.75, 3.05) is 0 Å². The van der Waals surface area contributed by atoms with Crippen LogP contribution in [0.5, 0.6) is 0 Å². The van der Waals surface area contributed by atoms with Crippen LogP contribution in [0, 0.1) is 0 Å². The number of primary sulfonamides is 1. The first kappa shape index (κ1) is 26.9.